The van der Waals surface area contributed by atoms with Crippen molar-refractivity contribution in [2.45, 2.75) is 38.6 Å². The average molecular weight is 459 g/mol. The highest BCUT2D eigenvalue weighted by Gasteiger charge is 2.21. The SMILES string of the molecule is Cc1c(N[S+]([O-])c2ccc(-c3cccc(CN(C)C)c3)c(Cl)c2)c(CC(C)C)nn1C. The van der Waals surface area contributed by atoms with Gasteiger partial charge in [-0.25, -0.2) is 0 Å². The van der Waals surface area contributed by atoms with Gasteiger partial charge in [-0.3, -0.25) is 4.68 Å². The molecule has 0 aliphatic rings. The first-order chi connectivity index (χ1) is 14.7. The Kier molecular flexibility index (Phi) is 7.70. The molecule has 0 spiro atoms. The number of hydrogen-bond acceptors (Lipinski definition) is 4. The van der Waals surface area contributed by atoms with Gasteiger partial charge in [0.15, 0.2) is 4.90 Å². The monoisotopic (exact) mass is 458 g/mol. The molecule has 3 aromatic rings. The predicted molar refractivity (Wildman–Crippen MR) is 131 cm³/mol. The quantitative estimate of drug-likeness (QED) is 0.456. The number of aryl methyl sites for hydroxylation is 1. The summed E-state index contributed by atoms with van der Waals surface area (Å²) in [7, 11) is 6.00. The minimum atomic E-state index is -1.44. The Morgan fingerprint density at radius 3 is 2.58 bits per heavy atom. The van der Waals surface area contributed by atoms with Crippen LogP contribution in [0.15, 0.2) is 47.4 Å². The highest BCUT2D eigenvalue weighted by Crippen LogP contribution is 2.32. The third-order valence-corrected chi connectivity index (χ3v) is 6.48. The summed E-state index contributed by atoms with van der Waals surface area (Å²) in [5.74, 6) is 0.459. The van der Waals surface area contributed by atoms with Crippen molar-refractivity contribution in [3.63, 3.8) is 0 Å². The summed E-state index contributed by atoms with van der Waals surface area (Å²) in [6.45, 7) is 7.14. The van der Waals surface area contributed by atoms with Gasteiger partial charge >= 0.3 is 0 Å². The molecule has 0 radical (unpaired) electrons. The van der Waals surface area contributed by atoms with E-state index in [1.165, 1.54) is 5.56 Å². The molecule has 3 rings (SSSR count). The van der Waals surface area contributed by atoms with Crippen molar-refractivity contribution < 1.29 is 4.55 Å². The molecule has 166 valence electrons. The van der Waals surface area contributed by atoms with Gasteiger partial charge in [-0.2, -0.15) is 9.82 Å². The van der Waals surface area contributed by atoms with Crippen LogP contribution in [0.4, 0.5) is 5.69 Å². The van der Waals surface area contributed by atoms with Gasteiger partial charge in [0.1, 0.15) is 17.0 Å². The molecule has 0 fully saturated rings. The normalized spacial score (nSPS) is 12.6. The van der Waals surface area contributed by atoms with Gasteiger partial charge in [0.05, 0.1) is 16.4 Å². The second-order valence-electron chi connectivity index (χ2n) is 8.58. The summed E-state index contributed by atoms with van der Waals surface area (Å²) in [5, 5.41) is 5.17. The number of benzene rings is 2. The predicted octanol–water partition coefficient (Wildman–Crippen LogP) is 5.44. The van der Waals surface area contributed by atoms with Crippen LogP contribution in [0, 0.1) is 12.8 Å². The van der Waals surface area contributed by atoms with Gasteiger partial charge in [-0.15, -0.1) is 0 Å². The van der Waals surface area contributed by atoms with Crippen LogP contribution in [-0.2, 0) is 31.4 Å². The molecular weight excluding hydrogens is 428 g/mol. The third-order valence-electron chi connectivity index (χ3n) is 5.09. The molecule has 0 amide bonds. The largest absolute Gasteiger partial charge is 0.588 e. The highest BCUT2D eigenvalue weighted by atomic mass is 35.5. The second kappa shape index (κ2) is 10.1. The molecule has 0 aliphatic carbocycles. The zero-order chi connectivity index (χ0) is 22.7. The van der Waals surface area contributed by atoms with Crippen molar-refractivity contribution in [2.75, 3.05) is 18.8 Å². The minimum absolute atomic E-state index is 0.459. The lowest BCUT2D eigenvalue weighted by Crippen LogP contribution is -2.15. The van der Waals surface area contributed by atoms with E-state index in [9.17, 15) is 4.55 Å². The van der Waals surface area contributed by atoms with E-state index in [0.717, 1.165) is 41.2 Å². The molecule has 7 heteroatoms. The number of anilines is 1. The zero-order valence-corrected chi connectivity index (χ0v) is 20.6. The molecule has 1 N–H and O–H groups in total. The smallest absolute Gasteiger partial charge is 0.181 e. The number of rotatable bonds is 8. The van der Waals surface area contributed by atoms with Gasteiger partial charge in [-0.05, 0) is 62.7 Å². The maximum absolute atomic E-state index is 13.1. The molecular formula is C24H31ClN4OS. The summed E-state index contributed by atoms with van der Waals surface area (Å²) in [6.07, 6.45) is 0.824. The summed E-state index contributed by atoms with van der Waals surface area (Å²) in [4.78, 5) is 2.77. The first-order valence-electron chi connectivity index (χ1n) is 10.4. The fourth-order valence-corrected chi connectivity index (χ4v) is 4.88. The van der Waals surface area contributed by atoms with Crippen LogP contribution >= 0.6 is 11.6 Å². The van der Waals surface area contributed by atoms with Gasteiger partial charge in [0.2, 0.25) is 0 Å². The summed E-state index contributed by atoms with van der Waals surface area (Å²) in [6, 6.07) is 13.9. The van der Waals surface area contributed by atoms with Gasteiger partial charge < -0.3 is 9.45 Å². The van der Waals surface area contributed by atoms with Gasteiger partial charge in [-0.1, -0.05) is 43.6 Å². The van der Waals surface area contributed by atoms with E-state index in [-0.39, 0.29) is 0 Å². The van der Waals surface area contributed by atoms with Crippen molar-refractivity contribution in [1.82, 2.24) is 14.7 Å². The van der Waals surface area contributed by atoms with Gasteiger partial charge in [0.25, 0.3) is 0 Å². The van der Waals surface area contributed by atoms with E-state index in [1.807, 2.05) is 57.0 Å². The first-order valence-corrected chi connectivity index (χ1v) is 11.9. The molecule has 1 atom stereocenters. The maximum atomic E-state index is 13.1. The van der Waals surface area contributed by atoms with Crippen molar-refractivity contribution in [2.24, 2.45) is 13.0 Å². The summed E-state index contributed by atoms with van der Waals surface area (Å²) < 4.78 is 18.1. The maximum Gasteiger partial charge on any atom is 0.181 e. The number of hydrogen-bond donors (Lipinski definition) is 1. The van der Waals surface area contributed by atoms with Crippen molar-refractivity contribution in [1.29, 1.82) is 0 Å². The molecule has 5 nitrogen and oxygen atoms in total. The lowest BCUT2D eigenvalue weighted by atomic mass is 10.0. The van der Waals surface area contributed by atoms with E-state index in [0.29, 0.717) is 15.8 Å². The zero-order valence-electron chi connectivity index (χ0n) is 19.1. The number of nitrogens with one attached hydrogen (secondary N) is 1. The van der Waals surface area contributed by atoms with Crippen molar-refractivity contribution in [3.05, 3.63) is 64.4 Å². The van der Waals surface area contributed by atoms with E-state index >= 15 is 0 Å². The first kappa shape index (κ1) is 23.7. The van der Waals surface area contributed by atoms with Gasteiger partial charge in [0, 0.05) is 25.2 Å². The molecule has 0 bridgehead atoms. The van der Waals surface area contributed by atoms with Crippen LogP contribution in [-0.4, -0.2) is 33.3 Å². The molecule has 0 saturated heterocycles. The molecule has 1 heterocycles. The lowest BCUT2D eigenvalue weighted by Gasteiger charge is -2.15. The van der Waals surface area contributed by atoms with Crippen molar-refractivity contribution in [3.8, 4) is 11.1 Å². The Balaban J connectivity index is 1.84. The Bertz CT molecular complexity index is 1050. The third kappa shape index (κ3) is 5.83. The number of aromatic nitrogens is 2. The Morgan fingerprint density at radius 2 is 1.94 bits per heavy atom. The summed E-state index contributed by atoms with van der Waals surface area (Å²) >= 11 is 5.18. The van der Waals surface area contributed by atoms with E-state index in [4.69, 9.17) is 11.6 Å². The standard InChI is InChI=1S/C24H31ClN4OS/c1-16(2)12-23-24(17(3)29(6)26-23)27-31(30)20-10-11-21(22(25)14-20)19-9-7-8-18(13-19)15-28(4)5/h7-11,13-14,16,27H,12,15H2,1-6H3. The fraction of sp³-hybridized carbons (Fsp3) is 0.375. The molecule has 0 saturated carbocycles. The van der Waals surface area contributed by atoms with Crippen LogP contribution in [0.25, 0.3) is 11.1 Å². The number of halogens is 1. The fourth-order valence-electron chi connectivity index (χ4n) is 3.54. The Morgan fingerprint density at radius 1 is 1.19 bits per heavy atom. The average Bonchev–Trinajstić information content (AvgIpc) is 2.94. The Labute approximate surface area is 193 Å². The van der Waals surface area contributed by atoms with E-state index in [1.54, 1.807) is 6.07 Å². The molecule has 1 aromatic heterocycles. The molecule has 31 heavy (non-hydrogen) atoms. The van der Waals surface area contributed by atoms with Crippen LogP contribution in [0.5, 0.6) is 0 Å². The topological polar surface area (TPSA) is 56.1 Å². The van der Waals surface area contributed by atoms with E-state index in [2.05, 4.69) is 40.7 Å². The highest BCUT2D eigenvalue weighted by molar-refractivity contribution is 7.92. The second-order valence-corrected chi connectivity index (χ2v) is 10.2. The molecule has 1 unspecified atom stereocenters. The van der Waals surface area contributed by atoms with Crippen LogP contribution in [0.2, 0.25) is 5.02 Å². The summed E-state index contributed by atoms with van der Waals surface area (Å²) in [5.41, 5.74) is 5.94. The van der Waals surface area contributed by atoms with Crippen LogP contribution in [0.3, 0.4) is 0 Å². The molecule has 2 aromatic carbocycles. The van der Waals surface area contributed by atoms with Crippen LogP contribution < -0.4 is 4.72 Å². The van der Waals surface area contributed by atoms with E-state index < -0.39 is 11.4 Å². The molecule has 0 aliphatic heterocycles. The van der Waals surface area contributed by atoms with Crippen LogP contribution in [0.1, 0.15) is 30.8 Å². The minimum Gasteiger partial charge on any atom is -0.588 e. The number of nitrogens with zero attached hydrogens (tertiary/aromatic N) is 3. The Hall–Kier alpha value is -1.99. The lowest BCUT2D eigenvalue weighted by molar-refractivity contribution is 0.402. The van der Waals surface area contributed by atoms with Crippen molar-refractivity contribution >= 4 is 28.7 Å².